The zero-order valence-electron chi connectivity index (χ0n) is 11.3. The van der Waals surface area contributed by atoms with E-state index in [9.17, 15) is 0 Å². The minimum absolute atomic E-state index is 0.358. The molecule has 1 aromatic heterocycles. The molecule has 100 valence electrons. The van der Waals surface area contributed by atoms with Crippen molar-refractivity contribution in [2.24, 2.45) is 0 Å². The van der Waals surface area contributed by atoms with Crippen molar-refractivity contribution in [2.45, 2.75) is 32.5 Å². The van der Waals surface area contributed by atoms with Crippen LogP contribution >= 0.6 is 0 Å². The molecule has 2 atom stereocenters. The summed E-state index contributed by atoms with van der Waals surface area (Å²) in [5.41, 5.74) is 1.10. The quantitative estimate of drug-likeness (QED) is 0.798. The highest BCUT2D eigenvalue weighted by Gasteiger charge is 2.22. The van der Waals surface area contributed by atoms with Crippen LogP contribution in [-0.2, 0) is 11.3 Å². The number of aromatic nitrogens is 1. The van der Waals surface area contributed by atoms with Gasteiger partial charge < -0.3 is 10.1 Å². The largest absolute Gasteiger partial charge is 0.376 e. The van der Waals surface area contributed by atoms with Gasteiger partial charge in [0.05, 0.1) is 18.4 Å². The van der Waals surface area contributed by atoms with Gasteiger partial charge in [0.2, 0.25) is 0 Å². The number of rotatable bonds is 5. The molecule has 0 spiro atoms. The smallest absolute Gasteiger partial charge is 0.0674 e. The van der Waals surface area contributed by atoms with Gasteiger partial charge in [0.25, 0.3) is 0 Å². The van der Waals surface area contributed by atoms with Crippen molar-refractivity contribution in [3.8, 4) is 0 Å². The fourth-order valence-corrected chi connectivity index (χ4v) is 2.23. The van der Waals surface area contributed by atoms with Crippen LogP contribution in [0.3, 0.4) is 0 Å². The van der Waals surface area contributed by atoms with Crippen LogP contribution in [0.5, 0.6) is 0 Å². The van der Waals surface area contributed by atoms with Crippen molar-refractivity contribution < 1.29 is 4.74 Å². The van der Waals surface area contributed by atoms with E-state index in [0.29, 0.717) is 12.1 Å². The molecule has 0 bridgehead atoms. The summed E-state index contributed by atoms with van der Waals surface area (Å²) >= 11 is 0. The maximum Gasteiger partial charge on any atom is 0.0674 e. The second-order valence-electron chi connectivity index (χ2n) is 4.99. The lowest BCUT2D eigenvalue weighted by Gasteiger charge is -2.36. The van der Waals surface area contributed by atoms with E-state index in [1.54, 1.807) is 0 Å². The number of morpholine rings is 1. The van der Waals surface area contributed by atoms with Gasteiger partial charge in [-0.15, -0.1) is 0 Å². The Morgan fingerprint density at radius 1 is 1.44 bits per heavy atom. The van der Waals surface area contributed by atoms with Crippen LogP contribution in [0.1, 0.15) is 19.5 Å². The minimum atomic E-state index is 0.358. The van der Waals surface area contributed by atoms with E-state index in [0.717, 1.165) is 38.5 Å². The molecule has 0 saturated carbocycles. The lowest BCUT2D eigenvalue weighted by molar-refractivity contribution is -0.0486. The fraction of sp³-hybridized carbons (Fsp3) is 0.643. The maximum atomic E-state index is 5.62. The third-order valence-corrected chi connectivity index (χ3v) is 3.34. The third-order valence-electron chi connectivity index (χ3n) is 3.34. The molecule has 0 aliphatic carbocycles. The third kappa shape index (κ3) is 4.05. The molecule has 1 saturated heterocycles. The Balaban J connectivity index is 1.66. The van der Waals surface area contributed by atoms with Crippen LogP contribution in [0.4, 0.5) is 0 Å². The molecular weight excluding hydrogens is 226 g/mol. The van der Waals surface area contributed by atoms with Crippen LogP contribution in [-0.4, -0.2) is 48.3 Å². The number of hydrogen-bond donors (Lipinski definition) is 1. The van der Waals surface area contributed by atoms with E-state index in [1.165, 1.54) is 0 Å². The van der Waals surface area contributed by atoms with Crippen molar-refractivity contribution in [1.29, 1.82) is 0 Å². The summed E-state index contributed by atoms with van der Waals surface area (Å²) in [5, 5.41) is 3.44. The molecule has 1 aromatic rings. The molecular formula is C14H23N3O. The van der Waals surface area contributed by atoms with Gasteiger partial charge in [-0.3, -0.25) is 9.88 Å². The summed E-state index contributed by atoms with van der Waals surface area (Å²) in [5.74, 6) is 0. The van der Waals surface area contributed by atoms with Crippen LogP contribution < -0.4 is 5.32 Å². The number of pyridine rings is 1. The van der Waals surface area contributed by atoms with Crippen molar-refractivity contribution in [3.63, 3.8) is 0 Å². The fourth-order valence-electron chi connectivity index (χ4n) is 2.23. The first-order valence-electron chi connectivity index (χ1n) is 6.72. The van der Waals surface area contributed by atoms with Crippen molar-refractivity contribution in [1.82, 2.24) is 15.2 Å². The van der Waals surface area contributed by atoms with Gasteiger partial charge in [-0.25, -0.2) is 0 Å². The van der Waals surface area contributed by atoms with Gasteiger partial charge in [0.1, 0.15) is 0 Å². The van der Waals surface area contributed by atoms with Crippen molar-refractivity contribution in [3.05, 3.63) is 30.1 Å². The van der Waals surface area contributed by atoms with Crippen LogP contribution in [0.2, 0.25) is 0 Å². The van der Waals surface area contributed by atoms with E-state index in [-0.39, 0.29) is 0 Å². The van der Waals surface area contributed by atoms with Gasteiger partial charge in [-0.1, -0.05) is 6.07 Å². The molecule has 4 heteroatoms. The summed E-state index contributed by atoms with van der Waals surface area (Å²) in [6, 6.07) is 6.54. The summed E-state index contributed by atoms with van der Waals surface area (Å²) in [6.45, 7) is 9.16. The summed E-state index contributed by atoms with van der Waals surface area (Å²) in [7, 11) is 0. The normalized spacial score (nSPS) is 25.2. The molecule has 0 radical (unpaired) electrons. The Hall–Kier alpha value is -0.970. The predicted molar refractivity (Wildman–Crippen MR) is 72.4 cm³/mol. The molecule has 1 aliphatic rings. The number of nitrogens with zero attached hydrogens (tertiary/aromatic N) is 2. The van der Waals surface area contributed by atoms with Gasteiger partial charge in [-0.05, 0) is 26.0 Å². The highest BCUT2D eigenvalue weighted by molar-refractivity contribution is 5.02. The molecule has 4 nitrogen and oxygen atoms in total. The van der Waals surface area contributed by atoms with E-state index in [1.807, 2.05) is 24.4 Å². The van der Waals surface area contributed by atoms with Gasteiger partial charge >= 0.3 is 0 Å². The van der Waals surface area contributed by atoms with Gasteiger partial charge in [-0.2, -0.15) is 0 Å². The Morgan fingerprint density at radius 3 is 3.11 bits per heavy atom. The second kappa shape index (κ2) is 6.83. The van der Waals surface area contributed by atoms with E-state index in [2.05, 4.69) is 29.0 Å². The topological polar surface area (TPSA) is 37.4 Å². The molecule has 1 N–H and O–H groups in total. The predicted octanol–water partition coefficient (Wildman–Crippen LogP) is 1.28. The lowest BCUT2D eigenvalue weighted by Crippen LogP contribution is -2.49. The first-order chi connectivity index (χ1) is 8.75. The Kier molecular flexibility index (Phi) is 5.11. The van der Waals surface area contributed by atoms with E-state index < -0.39 is 0 Å². The first kappa shape index (κ1) is 13.5. The minimum Gasteiger partial charge on any atom is -0.376 e. The molecule has 2 heterocycles. The maximum absolute atomic E-state index is 5.62. The Bertz CT molecular complexity index is 344. The summed E-state index contributed by atoms with van der Waals surface area (Å²) in [4.78, 5) is 6.78. The van der Waals surface area contributed by atoms with Crippen LogP contribution in [0, 0.1) is 0 Å². The van der Waals surface area contributed by atoms with Crippen LogP contribution in [0.15, 0.2) is 24.4 Å². The zero-order valence-corrected chi connectivity index (χ0v) is 11.3. The van der Waals surface area contributed by atoms with Gasteiger partial charge in [0.15, 0.2) is 0 Å². The second-order valence-corrected chi connectivity index (χ2v) is 4.99. The van der Waals surface area contributed by atoms with Crippen molar-refractivity contribution >= 4 is 0 Å². The molecule has 18 heavy (non-hydrogen) atoms. The molecule has 2 unspecified atom stereocenters. The molecule has 1 fully saturated rings. The monoisotopic (exact) mass is 249 g/mol. The van der Waals surface area contributed by atoms with Crippen molar-refractivity contribution in [2.75, 3.05) is 26.2 Å². The van der Waals surface area contributed by atoms with Gasteiger partial charge in [0, 0.05) is 38.4 Å². The molecule has 2 rings (SSSR count). The number of hydrogen-bond acceptors (Lipinski definition) is 4. The molecule has 0 aromatic carbocycles. The summed E-state index contributed by atoms with van der Waals surface area (Å²) in [6.07, 6.45) is 2.19. The molecule has 1 aliphatic heterocycles. The molecule has 0 amide bonds. The van der Waals surface area contributed by atoms with E-state index in [4.69, 9.17) is 4.74 Å². The first-order valence-corrected chi connectivity index (χ1v) is 6.72. The highest BCUT2D eigenvalue weighted by Crippen LogP contribution is 2.10. The highest BCUT2D eigenvalue weighted by atomic mass is 16.5. The van der Waals surface area contributed by atoms with E-state index >= 15 is 0 Å². The zero-order chi connectivity index (χ0) is 12.8. The standard InChI is InChI=1S/C14H23N3O/c1-12-11-18-13(2)10-17(12)8-7-15-9-14-5-3-4-6-16-14/h3-6,12-13,15H,7-11H2,1-2H3. The average molecular weight is 249 g/mol. The SMILES string of the molecule is CC1CN(CCNCc2ccccn2)C(C)CO1. The average Bonchev–Trinajstić information content (AvgIpc) is 2.40. The lowest BCUT2D eigenvalue weighted by atomic mass is 10.2. The number of ether oxygens (including phenoxy) is 1. The Morgan fingerprint density at radius 2 is 2.33 bits per heavy atom. The Labute approximate surface area is 109 Å². The number of nitrogens with one attached hydrogen (secondary N) is 1. The summed E-state index contributed by atoms with van der Waals surface area (Å²) < 4.78 is 5.62. The van der Waals surface area contributed by atoms with Crippen LogP contribution in [0.25, 0.3) is 0 Å².